The van der Waals surface area contributed by atoms with E-state index < -0.39 is 18.5 Å². The van der Waals surface area contributed by atoms with Crippen LogP contribution in [0.15, 0.2) is 91.0 Å². The van der Waals surface area contributed by atoms with E-state index in [9.17, 15) is 19.2 Å². The third-order valence-corrected chi connectivity index (χ3v) is 7.55. The molecule has 0 atom stereocenters. The number of halogens is 1. The average molecular weight is 640 g/mol. The lowest BCUT2D eigenvalue weighted by molar-refractivity contribution is -0.146. The summed E-state index contributed by atoms with van der Waals surface area (Å²) >= 11 is 6.00. The summed E-state index contributed by atoms with van der Waals surface area (Å²) in [5, 5.41) is 6.60. The Morgan fingerprint density at radius 2 is 1.33 bits per heavy atom. The first-order chi connectivity index (χ1) is 22.2. The van der Waals surface area contributed by atoms with Crippen LogP contribution in [0.5, 0.6) is 11.5 Å². The van der Waals surface area contributed by atoms with E-state index in [2.05, 4.69) is 10.6 Å². The molecule has 1 heterocycles. The molecule has 0 aliphatic heterocycles. The van der Waals surface area contributed by atoms with E-state index in [0.717, 1.165) is 0 Å². The normalized spacial score (nSPS) is 10.7. The Bertz CT molecular complexity index is 1920. The molecule has 0 saturated carbocycles. The van der Waals surface area contributed by atoms with Gasteiger partial charge in [0.25, 0.3) is 17.7 Å². The average Bonchev–Trinajstić information content (AvgIpc) is 3.34. The van der Waals surface area contributed by atoms with E-state index in [1.165, 1.54) is 11.7 Å². The molecule has 0 bridgehead atoms. The third kappa shape index (κ3) is 7.19. The fourth-order valence-corrected chi connectivity index (χ4v) is 5.04. The topological polar surface area (TPSA) is 125 Å². The van der Waals surface area contributed by atoms with E-state index >= 15 is 0 Å². The molecule has 0 aliphatic carbocycles. The van der Waals surface area contributed by atoms with Crippen LogP contribution in [0, 0.1) is 6.92 Å². The molecule has 0 spiro atoms. The zero-order valence-electron chi connectivity index (χ0n) is 25.3. The van der Waals surface area contributed by atoms with Gasteiger partial charge in [0, 0.05) is 38.6 Å². The lowest BCUT2D eigenvalue weighted by Crippen LogP contribution is -2.22. The van der Waals surface area contributed by atoms with Crippen molar-refractivity contribution in [1.29, 1.82) is 0 Å². The predicted octanol–water partition coefficient (Wildman–Crippen LogP) is 6.29. The van der Waals surface area contributed by atoms with Crippen LogP contribution in [0.1, 0.15) is 32.0 Å². The van der Waals surface area contributed by atoms with Gasteiger partial charge in [0.15, 0.2) is 6.61 Å². The molecule has 46 heavy (non-hydrogen) atoms. The molecule has 4 aromatic carbocycles. The Labute approximate surface area is 269 Å². The molecule has 10 nitrogen and oxygen atoms in total. The Morgan fingerprint density at radius 3 is 1.98 bits per heavy atom. The Morgan fingerprint density at radius 1 is 0.739 bits per heavy atom. The van der Waals surface area contributed by atoms with Gasteiger partial charge in [-0.25, -0.2) is 0 Å². The molecule has 0 unspecified atom stereocenters. The zero-order chi connectivity index (χ0) is 32.8. The van der Waals surface area contributed by atoms with Gasteiger partial charge in [-0.2, -0.15) is 0 Å². The summed E-state index contributed by atoms with van der Waals surface area (Å²) in [6.07, 6.45) is -0.179. The fourth-order valence-electron chi connectivity index (χ4n) is 4.92. The number of aromatic nitrogens is 1. The van der Waals surface area contributed by atoms with Gasteiger partial charge in [0.1, 0.15) is 11.5 Å². The first-order valence-electron chi connectivity index (χ1n) is 14.2. The van der Waals surface area contributed by atoms with Gasteiger partial charge in [0.2, 0.25) is 0 Å². The van der Waals surface area contributed by atoms with Crippen LogP contribution in [-0.4, -0.2) is 49.1 Å². The van der Waals surface area contributed by atoms with Crippen molar-refractivity contribution in [1.82, 2.24) is 4.57 Å². The van der Waals surface area contributed by atoms with Gasteiger partial charge in [-0.05, 0) is 103 Å². The summed E-state index contributed by atoms with van der Waals surface area (Å²) in [5.74, 6) is -0.573. The molecular weight excluding hydrogens is 610 g/mol. The molecule has 11 heteroatoms. The number of benzene rings is 4. The minimum absolute atomic E-state index is 0.179. The highest BCUT2D eigenvalue weighted by Gasteiger charge is 2.23. The Kier molecular flexibility index (Phi) is 9.68. The van der Waals surface area contributed by atoms with E-state index in [1.54, 1.807) is 105 Å². The van der Waals surface area contributed by atoms with E-state index in [4.69, 9.17) is 25.8 Å². The van der Waals surface area contributed by atoms with Crippen LogP contribution in [0.4, 0.5) is 11.4 Å². The first-order valence-corrected chi connectivity index (χ1v) is 14.5. The van der Waals surface area contributed by atoms with Crippen LogP contribution in [0.25, 0.3) is 10.9 Å². The zero-order valence-corrected chi connectivity index (χ0v) is 26.0. The van der Waals surface area contributed by atoms with Crippen LogP contribution in [-0.2, 0) is 20.7 Å². The van der Waals surface area contributed by atoms with E-state index in [1.807, 2.05) is 0 Å². The van der Waals surface area contributed by atoms with Gasteiger partial charge >= 0.3 is 5.97 Å². The predicted molar refractivity (Wildman–Crippen MR) is 175 cm³/mol. The molecule has 0 fully saturated rings. The van der Waals surface area contributed by atoms with E-state index in [-0.39, 0.29) is 18.2 Å². The number of carbonyl (C=O) groups excluding carboxylic acids is 4. The number of fused-ring (bicyclic) bond motifs is 1. The summed E-state index contributed by atoms with van der Waals surface area (Å²) in [7, 11) is 3.09. The minimum Gasteiger partial charge on any atom is -0.497 e. The van der Waals surface area contributed by atoms with Crippen molar-refractivity contribution in [3.63, 3.8) is 0 Å². The summed E-state index contributed by atoms with van der Waals surface area (Å²) in [4.78, 5) is 51.5. The van der Waals surface area contributed by atoms with Crippen LogP contribution < -0.4 is 20.1 Å². The van der Waals surface area contributed by atoms with Gasteiger partial charge < -0.3 is 24.8 Å². The number of ether oxygens (including phenoxy) is 3. The Balaban J connectivity index is 1.22. The number of nitrogens with one attached hydrogen (secondary N) is 2. The van der Waals surface area contributed by atoms with Crippen LogP contribution >= 0.6 is 11.6 Å². The molecule has 0 saturated heterocycles. The lowest BCUT2D eigenvalue weighted by atomic mass is 10.1. The second-order valence-corrected chi connectivity index (χ2v) is 10.7. The largest absolute Gasteiger partial charge is 0.497 e. The smallest absolute Gasteiger partial charge is 0.310 e. The number of nitrogens with zero attached hydrogens (tertiary/aromatic N) is 1. The summed E-state index contributed by atoms with van der Waals surface area (Å²) in [6.45, 7) is 1.22. The highest BCUT2D eigenvalue weighted by Crippen LogP contribution is 2.31. The number of methoxy groups -OCH3 is 2. The van der Waals surface area contributed by atoms with Gasteiger partial charge in [0.05, 0.1) is 26.2 Å². The van der Waals surface area contributed by atoms with Crippen molar-refractivity contribution in [2.45, 2.75) is 13.3 Å². The number of hydrogen-bond acceptors (Lipinski definition) is 7. The van der Waals surface area contributed by atoms with Crippen LogP contribution in [0.2, 0.25) is 5.02 Å². The first kappa shape index (κ1) is 31.8. The maximum absolute atomic E-state index is 13.5. The molecule has 0 aliphatic rings. The van der Waals surface area contributed by atoms with Crippen molar-refractivity contribution in [2.75, 3.05) is 31.5 Å². The third-order valence-electron chi connectivity index (χ3n) is 7.30. The Hall–Kier alpha value is -5.61. The van der Waals surface area contributed by atoms with Gasteiger partial charge in [-0.15, -0.1) is 0 Å². The minimum atomic E-state index is -0.649. The van der Waals surface area contributed by atoms with E-state index in [0.29, 0.717) is 61.2 Å². The van der Waals surface area contributed by atoms with Crippen molar-refractivity contribution in [2.24, 2.45) is 0 Å². The quantitative estimate of drug-likeness (QED) is 0.172. The maximum Gasteiger partial charge on any atom is 0.310 e. The molecule has 2 amide bonds. The summed E-state index contributed by atoms with van der Waals surface area (Å²) in [5.41, 5.74) is 3.58. The van der Waals surface area contributed by atoms with Gasteiger partial charge in [-0.1, -0.05) is 11.6 Å². The number of amides is 2. The molecule has 0 radical (unpaired) electrons. The molecule has 234 valence electrons. The van der Waals surface area contributed by atoms with Gasteiger partial charge in [-0.3, -0.25) is 23.7 Å². The van der Waals surface area contributed by atoms with Crippen molar-refractivity contribution in [3.05, 3.63) is 118 Å². The van der Waals surface area contributed by atoms with Crippen LogP contribution in [0.3, 0.4) is 0 Å². The molecule has 5 aromatic rings. The molecule has 1 aromatic heterocycles. The van der Waals surface area contributed by atoms with Crippen molar-refractivity contribution in [3.8, 4) is 11.5 Å². The summed E-state index contributed by atoms with van der Waals surface area (Å²) in [6, 6.07) is 25.0. The second-order valence-electron chi connectivity index (χ2n) is 10.2. The molecule has 5 rings (SSSR count). The summed E-state index contributed by atoms with van der Waals surface area (Å²) < 4.78 is 17.3. The SMILES string of the molecule is COc1ccc(NC(=O)c2ccc(NC(=O)COC(=O)Cc3c(C)n(C(=O)c4ccc(Cl)cc4)c4ccc(OC)cc34)cc2)cc1. The standard InChI is InChI=1S/C35H30ClN3O7/c1-21-29(30-18-28(45-3)16-17-31(30)39(21)35(43)23-4-8-24(36)9-5-23)19-33(41)46-20-32(40)37-25-10-6-22(7-11-25)34(42)38-26-12-14-27(44-2)15-13-26/h4-18H,19-20H2,1-3H3,(H,37,40)(H,38,42). The van der Waals surface area contributed by atoms with Crippen molar-refractivity contribution >= 4 is 57.6 Å². The highest BCUT2D eigenvalue weighted by molar-refractivity contribution is 6.30. The number of anilines is 2. The highest BCUT2D eigenvalue weighted by atomic mass is 35.5. The number of rotatable bonds is 10. The number of hydrogen-bond donors (Lipinski definition) is 2. The molecule has 2 N–H and O–H groups in total. The monoisotopic (exact) mass is 639 g/mol. The lowest BCUT2D eigenvalue weighted by Gasteiger charge is -2.09. The fraction of sp³-hybridized carbons (Fsp3) is 0.143. The number of esters is 1. The molecular formula is C35H30ClN3O7. The van der Waals surface area contributed by atoms with Crippen molar-refractivity contribution < 1.29 is 33.4 Å². The maximum atomic E-state index is 13.5. The second kappa shape index (κ2) is 14.0. The number of carbonyl (C=O) groups is 4.